The first-order valence-corrected chi connectivity index (χ1v) is 7.57. The Hall–Kier alpha value is -0.540. The van der Waals surface area contributed by atoms with E-state index in [1.807, 2.05) is 0 Å². The quantitative estimate of drug-likeness (QED) is 0.911. The van der Waals surface area contributed by atoms with Crippen LogP contribution >= 0.6 is 15.9 Å². The molecule has 2 nitrogen and oxygen atoms in total. The highest BCUT2D eigenvalue weighted by Crippen LogP contribution is 2.27. The third kappa shape index (κ3) is 3.48. The summed E-state index contributed by atoms with van der Waals surface area (Å²) in [5.41, 5.74) is 2.53. The number of piperidine rings is 1. The second kappa shape index (κ2) is 6.07. The van der Waals surface area contributed by atoms with Crippen molar-refractivity contribution >= 4 is 21.6 Å². The number of hydrogen-bond donors (Lipinski definition) is 1. The van der Waals surface area contributed by atoms with Gasteiger partial charge < -0.3 is 10.2 Å². The molecular formula is C15H23BrN2. The molecule has 0 spiro atoms. The molecular weight excluding hydrogens is 288 g/mol. The van der Waals surface area contributed by atoms with Crippen LogP contribution in [0.3, 0.4) is 0 Å². The standard InChI is InChI=1S/C15H23BrN2/c1-11-4-5-14(16)15(10-11)17-12(2)13-6-8-18(3)9-7-13/h4-5,10,12-13,17H,6-9H2,1-3H3. The van der Waals surface area contributed by atoms with Crippen LogP contribution < -0.4 is 5.32 Å². The van der Waals surface area contributed by atoms with Gasteiger partial charge in [-0.25, -0.2) is 0 Å². The molecule has 1 aliphatic heterocycles. The highest BCUT2D eigenvalue weighted by molar-refractivity contribution is 9.10. The molecule has 0 aromatic heterocycles. The zero-order chi connectivity index (χ0) is 13.1. The fraction of sp³-hybridized carbons (Fsp3) is 0.600. The summed E-state index contributed by atoms with van der Waals surface area (Å²) in [4.78, 5) is 2.42. The Kier molecular flexibility index (Phi) is 4.68. The Bertz CT molecular complexity index is 397. The van der Waals surface area contributed by atoms with Crippen molar-refractivity contribution in [1.82, 2.24) is 4.90 Å². The topological polar surface area (TPSA) is 15.3 Å². The molecule has 1 heterocycles. The van der Waals surface area contributed by atoms with Crippen molar-refractivity contribution < 1.29 is 0 Å². The number of halogens is 1. The van der Waals surface area contributed by atoms with Crippen molar-refractivity contribution in [3.63, 3.8) is 0 Å². The van der Waals surface area contributed by atoms with Crippen molar-refractivity contribution in [1.29, 1.82) is 0 Å². The van der Waals surface area contributed by atoms with E-state index in [4.69, 9.17) is 0 Å². The summed E-state index contributed by atoms with van der Waals surface area (Å²) >= 11 is 3.62. The van der Waals surface area contributed by atoms with Gasteiger partial charge >= 0.3 is 0 Å². The molecule has 1 atom stereocenters. The van der Waals surface area contributed by atoms with Crippen LogP contribution in [0.5, 0.6) is 0 Å². The molecule has 0 bridgehead atoms. The maximum absolute atomic E-state index is 3.67. The van der Waals surface area contributed by atoms with E-state index in [0.717, 1.165) is 10.4 Å². The average molecular weight is 311 g/mol. The normalized spacial score (nSPS) is 19.8. The van der Waals surface area contributed by atoms with Crippen LogP contribution in [-0.2, 0) is 0 Å². The highest BCUT2D eigenvalue weighted by atomic mass is 79.9. The lowest BCUT2D eigenvalue weighted by Crippen LogP contribution is -2.37. The molecule has 1 aliphatic rings. The molecule has 18 heavy (non-hydrogen) atoms. The van der Waals surface area contributed by atoms with Gasteiger partial charge in [0.05, 0.1) is 0 Å². The van der Waals surface area contributed by atoms with E-state index in [1.165, 1.54) is 37.2 Å². The summed E-state index contributed by atoms with van der Waals surface area (Å²) in [5.74, 6) is 0.786. The van der Waals surface area contributed by atoms with Gasteiger partial charge in [0.25, 0.3) is 0 Å². The third-order valence-electron chi connectivity index (χ3n) is 3.98. The van der Waals surface area contributed by atoms with E-state index in [1.54, 1.807) is 0 Å². The van der Waals surface area contributed by atoms with E-state index < -0.39 is 0 Å². The zero-order valence-electron chi connectivity index (χ0n) is 11.5. The molecule has 1 aromatic carbocycles. The zero-order valence-corrected chi connectivity index (χ0v) is 13.1. The molecule has 0 radical (unpaired) electrons. The van der Waals surface area contributed by atoms with Crippen molar-refractivity contribution in [2.24, 2.45) is 5.92 Å². The average Bonchev–Trinajstić information content (AvgIpc) is 2.34. The van der Waals surface area contributed by atoms with Gasteiger partial charge in [-0.3, -0.25) is 0 Å². The Balaban J connectivity index is 1.98. The molecule has 0 amide bonds. The SMILES string of the molecule is Cc1ccc(Br)c(NC(C)C2CCN(C)CC2)c1. The number of anilines is 1. The summed E-state index contributed by atoms with van der Waals surface area (Å²) in [7, 11) is 2.21. The monoisotopic (exact) mass is 310 g/mol. The third-order valence-corrected chi connectivity index (χ3v) is 4.67. The van der Waals surface area contributed by atoms with E-state index in [9.17, 15) is 0 Å². The molecule has 100 valence electrons. The second-order valence-corrected chi connectivity index (χ2v) is 6.41. The minimum absolute atomic E-state index is 0.539. The second-order valence-electron chi connectivity index (χ2n) is 5.56. The number of benzene rings is 1. The fourth-order valence-corrected chi connectivity index (χ4v) is 3.00. The number of likely N-dealkylation sites (tertiary alicyclic amines) is 1. The van der Waals surface area contributed by atoms with Crippen LogP contribution in [0.15, 0.2) is 22.7 Å². The number of hydrogen-bond acceptors (Lipinski definition) is 2. The maximum Gasteiger partial charge on any atom is 0.0489 e. The minimum Gasteiger partial charge on any atom is -0.381 e. The van der Waals surface area contributed by atoms with Crippen molar-refractivity contribution in [3.8, 4) is 0 Å². The minimum atomic E-state index is 0.539. The van der Waals surface area contributed by atoms with E-state index in [2.05, 4.69) is 65.2 Å². The predicted molar refractivity (Wildman–Crippen MR) is 82.2 cm³/mol. The predicted octanol–water partition coefficient (Wildman–Crippen LogP) is 3.90. The Morgan fingerprint density at radius 3 is 2.67 bits per heavy atom. The number of aryl methyl sites for hydroxylation is 1. The lowest BCUT2D eigenvalue weighted by atomic mass is 9.90. The number of rotatable bonds is 3. The van der Waals surface area contributed by atoms with Crippen LogP contribution in [0.2, 0.25) is 0 Å². The van der Waals surface area contributed by atoms with Crippen LogP contribution in [0.4, 0.5) is 5.69 Å². The van der Waals surface area contributed by atoms with Gasteiger partial charge in [0.1, 0.15) is 0 Å². The fourth-order valence-electron chi connectivity index (χ4n) is 2.64. The Morgan fingerprint density at radius 1 is 1.33 bits per heavy atom. The van der Waals surface area contributed by atoms with Gasteiger partial charge in [0, 0.05) is 16.2 Å². The first kappa shape index (κ1) is 13.9. The van der Waals surface area contributed by atoms with Crippen molar-refractivity contribution in [2.45, 2.75) is 32.7 Å². The molecule has 3 heteroatoms. The first-order valence-electron chi connectivity index (χ1n) is 6.77. The van der Waals surface area contributed by atoms with Gasteiger partial charge in [-0.15, -0.1) is 0 Å². The Morgan fingerprint density at radius 2 is 2.00 bits per heavy atom. The Labute approximate surface area is 119 Å². The largest absolute Gasteiger partial charge is 0.381 e. The summed E-state index contributed by atoms with van der Waals surface area (Å²) in [5, 5.41) is 3.67. The van der Waals surface area contributed by atoms with Gasteiger partial charge in [-0.2, -0.15) is 0 Å². The lowest BCUT2D eigenvalue weighted by molar-refractivity contribution is 0.208. The van der Waals surface area contributed by atoms with Gasteiger partial charge in [0.15, 0.2) is 0 Å². The van der Waals surface area contributed by atoms with Crippen LogP contribution in [0, 0.1) is 12.8 Å². The van der Waals surface area contributed by atoms with Crippen molar-refractivity contribution in [2.75, 3.05) is 25.5 Å². The molecule has 1 saturated heterocycles. The molecule has 0 aliphatic carbocycles. The lowest BCUT2D eigenvalue weighted by Gasteiger charge is -2.33. The summed E-state index contributed by atoms with van der Waals surface area (Å²) < 4.78 is 1.16. The number of nitrogens with zero attached hydrogens (tertiary/aromatic N) is 1. The van der Waals surface area contributed by atoms with Crippen molar-refractivity contribution in [3.05, 3.63) is 28.2 Å². The van der Waals surface area contributed by atoms with Gasteiger partial charge in [0.2, 0.25) is 0 Å². The molecule has 0 saturated carbocycles. The van der Waals surface area contributed by atoms with Crippen LogP contribution in [0.1, 0.15) is 25.3 Å². The number of nitrogens with one attached hydrogen (secondary N) is 1. The summed E-state index contributed by atoms with van der Waals surface area (Å²) in [6, 6.07) is 7.01. The molecule has 2 rings (SSSR count). The summed E-state index contributed by atoms with van der Waals surface area (Å²) in [6.07, 6.45) is 2.60. The molecule has 1 N–H and O–H groups in total. The van der Waals surface area contributed by atoms with E-state index >= 15 is 0 Å². The van der Waals surface area contributed by atoms with Crippen LogP contribution in [-0.4, -0.2) is 31.1 Å². The van der Waals surface area contributed by atoms with E-state index in [-0.39, 0.29) is 0 Å². The van der Waals surface area contributed by atoms with Gasteiger partial charge in [-0.1, -0.05) is 6.07 Å². The smallest absolute Gasteiger partial charge is 0.0489 e. The maximum atomic E-state index is 3.67. The van der Waals surface area contributed by atoms with Gasteiger partial charge in [-0.05, 0) is 86.4 Å². The summed E-state index contributed by atoms with van der Waals surface area (Å²) in [6.45, 7) is 6.90. The molecule has 1 aromatic rings. The highest BCUT2D eigenvalue weighted by Gasteiger charge is 2.22. The first-order chi connectivity index (χ1) is 8.56. The van der Waals surface area contributed by atoms with Crippen LogP contribution in [0.25, 0.3) is 0 Å². The molecule has 1 unspecified atom stereocenters. The molecule has 1 fully saturated rings. The van der Waals surface area contributed by atoms with E-state index in [0.29, 0.717) is 6.04 Å².